The Morgan fingerprint density at radius 2 is 2.19 bits per heavy atom. The molecule has 4 rings (SSSR count). The number of anilines is 1. The van der Waals surface area contributed by atoms with E-state index in [2.05, 4.69) is 33.5 Å². The third kappa shape index (κ3) is 2.03. The molecule has 3 aromatic rings. The van der Waals surface area contributed by atoms with Crippen molar-refractivity contribution in [3.8, 4) is 5.75 Å². The normalized spacial score (nSPS) is 17.1. The second-order valence-corrected chi connectivity index (χ2v) is 5.63. The number of hydrogen-bond donors (Lipinski definition) is 3. The molecule has 1 atom stereocenters. The lowest BCUT2D eigenvalue weighted by Crippen LogP contribution is -2.06. The molecule has 1 aliphatic carbocycles. The molecule has 3 N–H and O–H groups in total. The van der Waals surface area contributed by atoms with Gasteiger partial charge in [-0.1, -0.05) is 12.1 Å². The lowest BCUT2D eigenvalue weighted by Gasteiger charge is -2.15. The van der Waals surface area contributed by atoms with Crippen LogP contribution >= 0.6 is 0 Å². The van der Waals surface area contributed by atoms with Gasteiger partial charge in [0, 0.05) is 5.69 Å². The summed E-state index contributed by atoms with van der Waals surface area (Å²) < 4.78 is 0. The Kier molecular flexibility index (Phi) is 2.64. The van der Waals surface area contributed by atoms with Gasteiger partial charge < -0.3 is 15.4 Å². The second-order valence-electron chi connectivity index (χ2n) is 5.63. The molecule has 0 aliphatic heterocycles. The van der Waals surface area contributed by atoms with E-state index in [9.17, 15) is 5.11 Å². The van der Waals surface area contributed by atoms with Gasteiger partial charge in [0.25, 0.3) is 0 Å². The Labute approximate surface area is 122 Å². The smallest absolute Gasteiger partial charge is 0.119 e. The van der Waals surface area contributed by atoms with Crippen molar-refractivity contribution in [2.75, 3.05) is 5.32 Å². The summed E-state index contributed by atoms with van der Waals surface area (Å²) in [7, 11) is 0. The van der Waals surface area contributed by atoms with Crippen LogP contribution in [0.3, 0.4) is 0 Å². The molecule has 1 heterocycles. The first-order valence-corrected chi connectivity index (χ1v) is 7.24. The number of rotatable bonds is 2. The van der Waals surface area contributed by atoms with Gasteiger partial charge in [-0.2, -0.15) is 0 Å². The van der Waals surface area contributed by atoms with Crippen molar-refractivity contribution in [2.24, 2.45) is 0 Å². The SMILES string of the molecule is Cc1nc2ccc(NC3CCc4c(O)cccc43)cc2[nH]1. The summed E-state index contributed by atoms with van der Waals surface area (Å²) in [6.45, 7) is 1.96. The molecule has 21 heavy (non-hydrogen) atoms. The molecular formula is C17H17N3O. The Balaban J connectivity index is 1.65. The summed E-state index contributed by atoms with van der Waals surface area (Å²) in [5, 5.41) is 13.5. The average Bonchev–Trinajstić information content (AvgIpc) is 3.02. The molecule has 0 spiro atoms. The number of imidazole rings is 1. The van der Waals surface area contributed by atoms with Crippen LogP contribution in [0.25, 0.3) is 11.0 Å². The first kappa shape index (κ1) is 12.3. The number of nitrogens with zero attached hydrogens (tertiary/aromatic N) is 1. The minimum Gasteiger partial charge on any atom is -0.508 e. The molecule has 1 unspecified atom stereocenters. The molecule has 106 valence electrons. The quantitative estimate of drug-likeness (QED) is 0.670. The maximum absolute atomic E-state index is 9.92. The molecule has 0 amide bonds. The topological polar surface area (TPSA) is 60.9 Å². The largest absolute Gasteiger partial charge is 0.508 e. The van der Waals surface area contributed by atoms with Gasteiger partial charge in [0.2, 0.25) is 0 Å². The molecule has 4 heteroatoms. The zero-order valence-electron chi connectivity index (χ0n) is 11.9. The minimum atomic E-state index is 0.258. The number of aryl methyl sites for hydroxylation is 1. The predicted molar refractivity (Wildman–Crippen MR) is 83.6 cm³/mol. The van der Waals surface area contributed by atoms with Crippen LogP contribution in [0, 0.1) is 6.92 Å². The molecular weight excluding hydrogens is 262 g/mol. The number of aromatic nitrogens is 2. The molecule has 0 saturated heterocycles. The van der Waals surface area contributed by atoms with Gasteiger partial charge in [-0.25, -0.2) is 4.98 Å². The van der Waals surface area contributed by atoms with Crippen molar-refractivity contribution < 1.29 is 5.11 Å². The standard InChI is InChI=1S/C17H17N3O/c1-10-18-15-7-5-11(9-16(15)19-10)20-14-8-6-13-12(14)3-2-4-17(13)21/h2-5,7,9,14,20-21H,6,8H2,1H3,(H,18,19). The third-order valence-electron chi connectivity index (χ3n) is 4.19. The number of nitrogens with one attached hydrogen (secondary N) is 2. The zero-order valence-corrected chi connectivity index (χ0v) is 11.9. The summed E-state index contributed by atoms with van der Waals surface area (Å²) in [4.78, 5) is 7.68. The van der Waals surface area contributed by atoms with Gasteiger partial charge in [-0.05, 0) is 55.2 Å². The van der Waals surface area contributed by atoms with Crippen molar-refractivity contribution >= 4 is 16.7 Å². The molecule has 4 nitrogen and oxygen atoms in total. The van der Waals surface area contributed by atoms with E-state index in [0.29, 0.717) is 5.75 Å². The Morgan fingerprint density at radius 3 is 3.10 bits per heavy atom. The van der Waals surface area contributed by atoms with E-state index in [1.165, 1.54) is 5.56 Å². The van der Waals surface area contributed by atoms with Crippen LogP contribution in [-0.2, 0) is 6.42 Å². The first-order valence-electron chi connectivity index (χ1n) is 7.24. The number of phenols is 1. The lowest BCUT2D eigenvalue weighted by molar-refractivity contribution is 0.469. The van der Waals surface area contributed by atoms with E-state index in [1.807, 2.05) is 19.1 Å². The molecule has 1 aromatic heterocycles. The highest BCUT2D eigenvalue weighted by Crippen LogP contribution is 2.38. The number of H-pyrrole nitrogens is 1. The summed E-state index contributed by atoms with van der Waals surface area (Å²) >= 11 is 0. The van der Waals surface area contributed by atoms with E-state index in [0.717, 1.165) is 41.0 Å². The summed E-state index contributed by atoms with van der Waals surface area (Å²) in [6.07, 6.45) is 1.93. The highest BCUT2D eigenvalue weighted by Gasteiger charge is 2.24. The summed E-state index contributed by atoms with van der Waals surface area (Å²) in [5.74, 6) is 1.34. The van der Waals surface area contributed by atoms with Crippen LogP contribution < -0.4 is 5.32 Å². The zero-order chi connectivity index (χ0) is 14.4. The van der Waals surface area contributed by atoms with Crippen LogP contribution in [-0.4, -0.2) is 15.1 Å². The number of aromatic hydroxyl groups is 1. The third-order valence-corrected chi connectivity index (χ3v) is 4.19. The summed E-state index contributed by atoms with van der Waals surface area (Å²) in [6, 6.07) is 12.2. The molecule has 2 aromatic carbocycles. The van der Waals surface area contributed by atoms with Crippen molar-refractivity contribution in [3.63, 3.8) is 0 Å². The Bertz CT molecular complexity index is 822. The van der Waals surface area contributed by atoms with Crippen LogP contribution in [0.4, 0.5) is 5.69 Å². The van der Waals surface area contributed by atoms with Gasteiger partial charge in [0.15, 0.2) is 0 Å². The number of aromatic amines is 1. The highest BCUT2D eigenvalue weighted by molar-refractivity contribution is 5.79. The number of hydrogen-bond acceptors (Lipinski definition) is 3. The van der Waals surface area contributed by atoms with E-state index >= 15 is 0 Å². The van der Waals surface area contributed by atoms with E-state index in [1.54, 1.807) is 6.07 Å². The fraction of sp³-hybridized carbons (Fsp3) is 0.235. The van der Waals surface area contributed by atoms with E-state index < -0.39 is 0 Å². The highest BCUT2D eigenvalue weighted by atomic mass is 16.3. The van der Waals surface area contributed by atoms with Crippen molar-refractivity contribution in [3.05, 3.63) is 53.3 Å². The monoisotopic (exact) mass is 279 g/mol. The Hall–Kier alpha value is -2.49. The molecule has 0 bridgehead atoms. The predicted octanol–water partition coefficient (Wildman–Crippen LogP) is 3.68. The molecule has 0 fully saturated rings. The first-order chi connectivity index (χ1) is 10.2. The minimum absolute atomic E-state index is 0.258. The Morgan fingerprint density at radius 1 is 1.29 bits per heavy atom. The lowest BCUT2D eigenvalue weighted by atomic mass is 10.1. The van der Waals surface area contributed by atoms with E-state index in [-0.39, 0.29) is 6.04 Å². The molecule has 0 saturated carbocycles. The maximum Gasteiger partial charge on any atom is 0.119 e. The number of benzene rings is 2. The number of fused-ring (bicyclic) bond motifs is 2. The van der Waals surface area contributed by atoms with Crippen molar-refractivity contribution in [1.82, 2.24) is 9.97 Å². The van der Waals surface area contributed by atoms with Crippen LogP contribution in [0.5, 0.6) is 5.75 Å². The fourth-order valence-corrected chi connectivity index (χ4v) is 3.21. The van der Waals surface area contributed by atoms with Crippen LogP contribution in [0.15, 0.2) is 36.4 Å². The summed E-state index contributed by atoms with van der Waals surface area (Å²) in [5.41, 5.74) is 5.39. The van der Waals surface area contributed by atoms with Crippen LogP contribution in [0.1, 0.15) is 29.4 Å². The van der Waals surface area contributed by atoms with Gasteiger partial charge in [-0.3, -0.25) is 0 Å². The fourth-order valence-electron chi connectivity index (χ4n) is 3.21. The average molecular weight is 279 g/mol. The second kappa shape index (κ2) is 4.52. The molecule has 0 radical (unpaired) electrons. The van der Waals surface area contributed by atoms with Crippen LogP contribution in [0.2, 0.25) is 0 Å². The van der Waals surface area contributed by atoms with Gasteiger partial charge in [0.05, 0.1) is 17.1 Å². The van der Waals surface area contributed by atoms with Gasteiger partial charge in [-0.15, -0.1) is 0 Å². The van der Waals surface area contributed by atoms with Crippen molar-refractivity contribution in [2.45, 2.75) is 25.8 Å². The maximum atomic E-state index is 9.92. The van der Waals surface area contributed by atoms with E-state index in [4.69, 9.17) is 0 Å². The van der Waals surface area contributed by atoms with Crippen molar-refractivity contribution in [1.29, 1.82) is 0 Å². The van der Waals surface area contributed by atoms with Gasteiger partial charge >= 0.3 is 0 Å². The number of phenolic OH excluding ortho intramolecular Hbond substituents is 1. The van der Waals surface area contributed by atoms with Gasteiger partial charge in [0.1, 0.15) is 11.6 Å². The molecule has 1 aliphatic rings.